The van der Waals surface area contributed by atoms with Gasteiger partial charge >= 0.3 is 12.1 Å². The maximum atomic E-state index is 13.5. The number of carbonyl (C=O) groups excluding carboxylic acids is 1. The van der Waals surface area contributed by atoms with E-state index in [1.165, 1.54) is 29.8 Å². The van der Waals surface area contributed by atoms with Crippen LogP contribution in [0.3, 0.4) is 0 Å². The Hall–Kier alpha value is -4.70. The summed E-state index contributed by atoms with van der Waals surface area (Å²) in [5, 5.41) is 35.6. The molecule has 1 saturated heterocycles. The average Bonchev–Trinajstić information content (AvgIpc) is 2.99. The topological polar surface area (TPSA) is 158 Å². The quantitative estimate of drug-likeness (QED) is 0.263. The number of amides is 1. The standard InChI is InChI=1S/C28H29N5O7S/c1-4-40-27(34)24-23(21(16-29)26(41-3)30-25(24)17-5-8-19(39-2)9-6-17)20-10-7-18(15-22(20)33(37)38)31-11-13-32(14-12-31)28(35)36/h5-10,15,23,30H,4,11-14H2,1-3H3,(H,35,36). The number of thioether (sulfide) groups is 1. The molecule has 1 unspecified atom stereocenters. The van der Waals surface area contributed by atoms with Gasteiger partial charge < -0.3 is 29.7 Å². The number of hydrogen-bond acceptors (Lipinski definition) is 10. The Morgan fingerprint density at radius 2 is 1.88 bits per heavy atom. The summed E-state index contributed by atoms with van der Waals surface area (Å²) in [5.41, 5.74) is 1.67. The minimum Gasteiger partial charge on any atom is -0.497 e. The van der Waals surface area contributed by atoms with Gasteiger partial charge in [-0.1, -0.05) is 0 Å². The highest BCUT2D eigenvalue weighted by Gasteiger charge is 2.40. The minimum atomic E-state index is -1.09. The molecule has 41 heavy (non-hydrogen) atoms. The van der Waals surface area contributed by atoms with Gasteiger partial charge in [-0.05, 0) is 55.1 Å². The van der Waals surface area contributed by atoms with Crippen molar-refractivity contribution in [1.29, 1.82) is 5.26 Å². The Bertz CT molecular complexity index is 1460. The van der Waals surface area contributed by atoms with E-state index in [0.717, 1.165) is 0 Å². The van der Waals surface area contributed by atoms with Gasteiger partial charge in [-0.2, -0.15) is 5.26 Å². The van der Waals surface area contributed by atoms with Gasteiger partial charge in [0.15, 0.2) is 0 Å². The Kier molecular flexibility index (Phi) is 9.04. The van der Waals surface area contributed by atoms with Gasteiger partial charge in [-0.3, -0.25) is 10.1 Å². The smallest absolute Gasteiger partial charge is 0.407 e. The number of rotatable bonds is 8. The number of nitriles is 1. The summed E-state index contributed by atoms with van der Waals surface area (Å²) in [4.78, 5) is 39.9. The Balaban J connectivity index is 1.89. The lowest BCUT2D eigenvalue weighted by Gasteiger charge is -2.35. The highest BCUT2D eigenvalue weighted by molar-refractivity contribution is 8.02. The van der Waals surface area contributed by atoms with Gasteiger partial charge in [-0.25, -0.2) is 9.59 Å². The highest BCUT2D eigenvalue weighted by atomic mass is 32.2. The molecule has 2 aromatic rings. The van der Waals surface area contributed by atoms with Crippen LogP contribution in [0.1, 0.15) is 24.0 Å². The van der Waals surface area contributed by atoms with Crippen LogP contribution in [0.25, 0.3) is 5.70 Å². The third-order valence-electron chi connectivity index (χ3n) is 6.97. The van der Waals surface area contributed by atoms with E-state index in [1.54, 1.807) is 49.6 Å². The van der Waals surface area contributed by atoms with Crippen molar-refractivity contribution in [3.8, 4) is 11.8 Å². The number of carbonyl (C=O) groups is 2. The fraction of sp³-hybridized carbons (Fsp3) is 0.321. The fourth-order valence-electron chi connectivity index (χ4n) is 4.96. The number of carboxylic acid groups (broad SMARTS) is 1. The zero-order chi connectivity index (χ0) is 29.7. The van der Waals surface area contributed by atoms with Gasteiger partial charge in [-0.15, -0.1) is 11.8 Å². The van der Waals surface area contributed by atoms with Gasteiger partial charge in [0.25, 0.3) is 5.69 Å². The molecule has 1 fully saturated rings. The third kappa shape index (κ3) is 5.92. The summed E-state index contributed by atoms with van der Waals surface area (Å²) in [7, 11) is 1.54. The van der Waals surface area contributed by atoms with Crippen LogP contribution in [0, 0.1) is 21.4 Å². The number of methoxy groups -OCH3 is 1. The first-order chi connectivity index (χ1) is 19.7. The average molecular weight is 580 g/mol. The number of nitro benzene ring substituents is 1. The molecule has 4 rings (SSSR count). The molecular formula is C28H29N5O7S. The van der Waals surface area contributed by atoms with Crippen molar-refractivity contribution in [2.75, 3.05) is 51.1 Å². The van der Waals surface area contributed by atoms with Gasteiger partial charge in [0.1, 0.15) is 5.75 Å². The molecule has 214 valence electrons. The van der Waals surface area contributed by atoms with Crippen molar-refractivity contribution in [2.45, 2.75) is 12.8 Å². The van der Waals surface area contributed by atoms with Crippen LogP contribution < -0.4 is 15.0 Å². The van der Waals surface area contributed by atoms with Gasteiger partial charge in [0, 0.05) is 43.5 Å². The lowest BCUT2D eigenvalue weighted by atomic mass is 9.80. The molecule has 12 nitrogen and oxygen atoms in total. The van der Waals surface area contributed by atoms with Crippen LogP contribution in [-0.2, 0) is 9.53 Å². The number of anilines is 1. The molecule has 0 aromatic heterocycles. The van der Waals surface area contributed by atoms with Crippen molar-refractivity contribution >= 4 is 40.9 Å². The molecule has 1 amide bonds. The van der Waals surface area contributed by atoms with Crippen molar-refractivity contribution < 1.29 is 29.1 Å². The van der Waals surface area contributed by atoms with E-state index in [1.807, 2.05) is 4.90 Å². The number of nitrogens with one attached hydrogen (secondary N) is 1. The number of allylic oxidation sites excluding steroid dienone is 1. The highest BCUT2D eigenvalue weighted by Crippen LogP contribution is 2.46. The maximum absolute atomic E-state index is 13.5. The molecular weight excluding hydrogens is 550 g/mol. The monoisotopic (exact) mass is 579 g/mol. The Morgan fingerprint density at radius 1 is 1.20 bits per heavy atom. The molecule has 2 N–H and O–H groups in total. The summed E-state index contributed by atoms with van der Waals surface area (Å²) in [5.74, 6) is -1.18. The minimum absolute atomic E-state index is 0.0648. The molecule has 0 radical (unpaired) electrons. The van der Waals surface area contributed by atoms with E-state index in [0.29, 0.717) is 40.8 Å². The molecule has 2 aliphatic rings. The molecule has 0 aliphatic carbocycles. The predicted octanol–water partition coefficient (Wildman–Crippen LogP) is 4.16. The molecule has 13 heteroatoms. The number of piperazine rings is 1. The van der Waals surface area contributed by atoms with Crippen LogP contribution in [0.4, 0.5) is 16.2 Å². The van der Waals surface area contributed by atoms with E-state index >= 15 is 0 Å². The zero-order valence-electron chi connectivity index (χ0n) is 22.7. The second kappa shape index (κ2) is 12.6. The molecule has 1 atom stereocenters. The molecule has 2 aromatic carbocycles. The summed E-state index contributed by atoms with van der Waals surface area (Å²) in [6.07, 6.45) is 0.759. The van der Waals surface area contributed by atoms with Crippen LogP contribution in [0.2, 0.25) is 0 Å². The van der Waals surface area contributed by atoms with E-state index in [9.17, 15) is 30.1 Å². The second-order valence-corrected chi connectivity index (χ2v) is 9.93. The third-order valence-corrected chi connectivity index (χ3v) is 7.70. The van der Waals surface area contributed by atoms with Crippen LogP contribution in [0.5, 0.6) is 5.75 Å². The Morgan fingerprint density at radius 3 is 2.41 bits per heavy atom. The largest absolute Gasteiger partial charge is 0.497 e. The number of dihydropyridines is 1. The first kappa shape index (κ1) is 29.3. The lowest BCUT2D eigenvalue weighted by Crippen LogP contribution is -2.48. The van der Waals surface area contributed by atoms with Crippen molar-refractivity contribution in [3.63, 3.8) is 0 Å². The number of ether oxygens (including phenoxy) is 2. The normalized spacial score (nSPS) is 17.1. The van der Waals surface area contributed by atoms with Crippen molar-refractivity contribution in [1.82, 2.24) is 10.2 Å². The van der Waals surface area contributed by atoms with E-state index < -0.39 is 22.9 Å². The number of hydrogen-bond donors (Lipinski definition) is 2. The summed E-state index contributed by atoms with van der Waals surface area (Å²) < 4.78 is 10.7. The summed E-state index contributed by atoms with van der Waals surface area (Å²) in [6, 6.07) is 13.8. The number of esters is 1. The zero-order valence-corrected chi connectivity index (χ0v) is 23.6. The Labute approximate surface area is 241 Å². The molecule has 0 saturated carbocycles. The second-order valence-electron chi connectivity index (χ2n) is 9.11. The van der Waals surface area contributed by atoms with Crippen LogP contribution >= 0.6 is 11.8 Å². The van der Waals surface area contributed by atoms with E-state index in [2.05, 4.69) is 11.4 Å². The molecule has 0 spiro atoms. The van der Waals surface area contributed by atoms with E-state index in [-0.39, 0.29) is 42.1 Å². The predicted molar refractivity (Wildman–Crippen MR) is 153 cm³/mol. The van der Waals surface area contributed by atoms with Crippen molar-refractivity contribution in [2.24, 2.45) is 0 Å². The first-order valence-electron chi connectivity index (χ1n) is 12.8. The van der Waals surface area contributed by atoms with Gasteiger partial charge in [0.05, 0.1) is 52.5 Å². The number of benzene rings is 2. The fourth-order valence-corrected chi connectivity index (χ4v) is 5.54. The number of nitrogens with zero attached hydrogens (tertiary/aromatic N) is 4. The van der Waals surface area contributed by atoms with Crippen molar-refractivity contribution in [3.05, 3.63) is 79.9 Å². The summed E-state index contributed by atoms with van der Waals surface area (Å²) >= 11 is 1.26. The van der Waals surface area contributed by atoms with Gasteiger partial charge in [0.2, 0.25) is 0 Å². The van der Waals surface area contributed by atoms with Crippen LogP contribution in [-0.4, -0.2) is 73.1 Å². The van der Waals surface area contributed by atoms with E-state index in [4.69, 9.17) is 9.47 Å². The van der Waals surface area contributed by atoms with Crippen LogP contribution in [0.15, 0.2) is 58.6 Å². The molecule has 2 heterocycles. The SMILES string of the molecule is CCOC(=O)C1=C(c2ccc(OC)cc2)NC(SC)=C(C#N)C1c1ccc(N2CCN(C(=O)O)CC2)cc1[N+](=O)[O-]. The first-order valence-corrected chi connectivity index (χ1v) is 14.0. The molecule has 0 bridgehead atoms. The lowest BCUT2D eigenvalue weighted by molar-refractivity contribution is -0.385. The number of nitro groups is 1. The maximum Gasteiger partial charge on any atom is 0.407 e. The molecule has 2 aliphatic heterocycles. The summed E-state index contributed by atoms with van der Waals surface area (Å²) in [6.45, 7) is 2.98.